The number of hydrogen-bond donors (Lipinski definition) is 0. The van der Waals surface area contributed by atoms with E-state index in [2.05, 4.69) is 254 Å². The number of aromatic nitrogens is 2. The summed E-state index contributed by atoms with van der Waals surface area (Å²) < 4.78 is 2.39. The molecule has 4 heteroatoms. The van der Waals surface area contributed by atoms with Gasteiger partial charge in [0.05, 0.1) is 27.8 Å². The average molecular weight is 841 g/mol. The highest BCUT2D eigenvalue weighted by molar-refractivity contribution is 6.09. The summed E-state index contributed by atoms with van der Waals surface area (Å²) in [4.78, 5) is 10.0. The van der Waals surface area contributed by atoms with Crippen molar-refractivity contribution in [1.82, 2.24) is 9.55 Å². The van der Waals surface area contributed by atoms with Crippen molar-refractivity contribution in [3.63, 3.8) is 0 Å². The summed E-state index contributed by atoms with van der Waals surface area (Å²) in [6.45, 7) is 9.89. The molecule has 0 fully saturated rings. The molecule has 1 aliphatic heterocycles. The standard InChI is InChI=1S/C61H52N4/c1-42(2)51-29-19-30-52(43(3)4)60(51)44-36-37-62-59(38-44)65-55-31-15-14-28-53(55)54-35-34-48(40-58(54)65)61(45-20-8-5-9-21-45,46-22-10-6-11-23-46)47-24-18-27-50(39-47)64-41-63(49-25-12-7-13-26-49)56-32-16-17-33-57(56)64/h5-40,42-43H,41H2,1-4H3. The molecule has 65 heavy (non-hydrogen) atoms. The Morgan fingerprint density at radius 1 is 0.431 bits per heavy atom. The van der Waals surface area contributed by atoms with Gasteiger partial charge in [-0.2, -0.15) is 0 Å². The van der Waals surface area contributed by atoms with E-state index in [1.807, 2.05) is 6.20 Å². The van der Waals surface area contributed by atoms with E-state index >= 15 is 0 Å². The van der Waals surface area contributed by atoms with Crippen LogP contribution in [0.25, 0.3) is 38.8 Å². The van der Waals surface area contributed by atoms with E-state index in [1.54, 1.807) is 0 Å². The highest BCUT2D eigenvalue weighted by Gasteiger charge is 2.40. The van der Waals surface area contributed by atoms with E-state index < -0.39 is 5.41 Å². The summed E-state index contributed by atoms with van der Waals surface area (Å²) in [5.41, 5.74) is 16.3. The largest absolute Gasteiger partial charge is 0.321 e. The van der Waals surface area contributed by atoms with Crippen molar-refractivity contribution >= 4 is 44.6 Å². The van der Waals surface area contributed by atoms with Gasteiger partial charge in [-0.3, -0.25) is 4.57 Å². The summed E-state index contributed by atoms with van der Waals surface area (Å²) >= 11 is 0. The Labute approximate surface area is 382 Å². The Morgan fingerprint density at radius 2 is 0.954 bits per heavy atom. The first-order valence-electron chi connectivity index (χ1n) is 23.0. The first kappa shape index (κ1) is 40.1. The first-order valence-corrected chi connectivity index (χ1v) is 23.0. The molecule has 0 radical (unpaired) electrons. The Bertz CT molecular complexity index is 3250. The normalized spacial score (nSPS) is 12.8. The van der Waals surface area contributed by atoms with Crippen LogP contribution < -0.4 is 9.80 Å². The number of fused-ring (bicyclic) bond motifs is 4. The second-order valence-electron chi connectivity index (χ2n) is 18.0. The Kier molecular flexibility index (Phi) is 10.2. The van der Waals surface area contributed by atoms with Crippen molar-refractivity contribution in [2.24, 2.45) is 0 Å². The minimum Gasteiger partial charge on any atom is -0.321 e. The Balaban J connectivity index is 1.15. The number of hydrogen-bond acceptors (Lipinski definition) is 3. The SMILES string of the molecule is CC(C)c1cccc(C(C)C)c1-c1ccnc(-n2c3ccccc3c3ccc(C(c4ccccc4)(c4ccccc4)c4cccc(N5CN(c6ccccc6)c6ccccc65)c4)cc32)c1. The van der Waals surface area contributed by atoms with Crippen molar-refractivity contribution in [3.8, 4) is 16.9 Å². The molecule has 10 aromatic rings. The molecule has 1 aliphatic rings. The lowest BCUT2D eigenvalue weighted by Gasteiger charge is -2.37. The molecular formula is C61H52N4. The van der Waals surface area contributed by atoms with Gasteiger partial charge < -0.3 is 9.80 Å². The van der Waals surface area contributed by atoms with Gasteiger partial charge in [0.15, 0.2) is 0 Å². The zero-order valence-corrected chi connectivity index (χ0v) is 37.4. The third kappa shape index (κ3) is 6.71. The van der Waals surface area contributed by atoms with Crippen LogP contribution in [-0.2, 0) is 5.41 Å². The molecular weight excluding hydrogens is 789 g/mol. The molecule has 11 rings (SSSR count). The number of pyridine rings is 1. The smallest absolute Gasteiger partial charge is 0.138 e. The van der Waals surface area contributed by atoms with E-state index in [0.717, 1.165) is 22.5 Å². The zero-order chi connectivity index (χ0) is 44.1. The fraction of sp³-hybridized carbons (Fsp3) is 0.131. The zero-order valence-electron chi connectivity index (χ0n) is 37.4. The van der Waals surface area contributed by atoms with E-state index in [9.17, 15) is 0 Å². The van der Waals surface area contributed by atoms with E-state index in [1.165, 1.54) is 72.3 Å². The molecule has 4 nitrogen and oxygen atoms in total. The molecule has 8 aromatic carbocycles. The minimum absolute atomic E-state index is 0.377. The fourth-order valence-corrected chi connectivity index (χ4v) is 10.6. The van der Waals surface area contributed by atoms with Gasteiger partial charge in [0.25, 0.3) is 0 Å². The van der Waals surface area contributed by atoms with Gasteiger partial charge in [-0.05, 0) is 117 Å². The van der Waals surface area contributed by atoms with Crippen molar-refractivity contribution in [3.05, 3.63) is 252 Å². The van der Waals surface area contributed by atoms with Crippen LogP contribution in [0.15, 0.2) is 219 Å². The molecule has 2 aromatic heterocycles. The predicted octanol–water partition coefficient (Wildman–Crippen LogP) is 15.7. The molecule has 0 bridgehead atoms. The van der Waals surface area contributed by atoms with Crippen LogP contribution in [0.3, 0.4) is 0 Å². The molecule has 0 N–H and O–H groups in total. The lowest BCUT2D eigenvalue weighted by Crippen LogP contribution is -2.31. The highest BCUT2D eigenvalue weighted by atomic mass is 15.4. The third-order valence-corrected chi connectivity index (χ3v) is 13.6. The Morgan fingerprint density at radius 3 is 1.62 bits per heavy atom. The van der Waals surface area contributed by atoms with Crippen LogP contribution >= 0.6 is 0 Å². The molecule has 3 heterocycles. The molecule has 316 valence electrons. The molecule has 0 saturated carbocycles. The number of rotatable bonds is 10. The third-order valence-electron chi connectivity index (χ3n) is 13.6. The van der Waals surface area contributed by atoms with Gasteiger partial charge in [0.2, 0.25) is 0 Å². The lowest BCUT2D eigenvalue weighted by molar-refractivity contribution is 0.745. The summed E-state index contributed by atoms with van der Waals surface area (Å²) in [5, 5.41) is 2.40. The van der Waals surface area contributed by atoms with E-state index in [0.29, 0.717) is 18.5 Å². The average Bonchev–Trinajstić information content (AvgIpc) is 3.91. The Hall–Kier alpha value is -7.69. The summed E-state index contributed by atoms with van der Waals surface area (Å²) in [7, 11) is 0. The van der Waals surface area contributed by atoms with E-state index in [-0.39, 0.29) is 0 Å². The van der Waals surface area contributed by atoms with Gasteiger partial charge in [0.1, 0.15) is 12.5 Å². The van der Waals surface area contributed by atoms with E-state index in [4.69, 9.17) is 4.98 Å². The molecule has 0 amide bonds. The molecule has 0 unspecified atom stereocenters. The van der Waals surface area contributed by atoms with Crippen LogP contribution in [0.1, 0.15) is 72.9 Å². The number of benzene rings is 8. The fourth-order valence-electron chi connectivity index (χ4n) is 10.6. The van der Waals surface area contributed by atoms with Gasteiger partial charge in [-0.15, -0.1) is 0 Å². The predicted molar refractivity (Wildman–Crippen MR) is 273 cm³/mol. The minimum atomic E-state index is -0.690. The maximum absolute atomic E-state index is 5.18. The number of anilines is 4. The quantitative estimate of drug-likeness (QED) is 0.128. The summed E-state index contributed by atoms with van der Waals surface area (Å²) in [6.07, 6.45) is 2.00. The van der Waals surface area contributed by atoms with Gasteiger partial charge in [0, 0.05) is 28.3 Å². The van der Waals surface area contributed by atoms with Crippen molar-refractivity contribution < 1.29 is 0 Å². The molecule has 0 spiro atoms. The monoisotopic (exact) mass is 840 g/mol. The topological polar surface area (TPSA) is 24.3 Å². The molecule has 0 aliphatic carbocycles. The molecule has 0 saturated heterocycles. The van der Waals surface area contributed by atoms with Crippen molar-refractivity contribution in [2.75, 3.05) is 16.5 Å². The highest BCUT2D eigenvalue weighted by Crippen LogP contribution is 2.50. The summed E-state index contributed by atoms with van der Waals surface area (Å²) in [5.74, 6) is 1.66. The number of para-hydroxylation sites is 4. The van der Waals surface area contributed by atoms with Crippen molar-refractivity contribution in [2.45, 2.75) is 44.9 Å². The van der Waals surface area contributed by atoms with Crippen LogP contribution in [0.2, 0.25) is 0 Å². The summed E-state index contributed by atoms with van der Waals surface area (Å²) in [6, 6.07) is 78.1. The van der Waals surface area contributed by atoms with Crippen LogP contribution in [-0.4, -0.2) is 16.2 Å². The van der Waals surface area contributed by atoms with Gasteiger partial charge in [-0.25, -0.2) is 4.98 Å². The van der Waals surface area contributed by atoms with Gasteiger partial charge in [-0.1, -0.05) is 179 Å². The lowest BCUT2D eigenvalue weighted by atomic mass is 9.65. The first-order chi connectivity index (χ1) is 31.9. The maximum atomic E-state index is 5.18. The second-order valence-corrected chi connectivity index (χ2v) is 18.0. The molecule has 0 atom stereocenters. The van der Waals surface area contributed by atoms with Crippen LogP contribution in [0.5, 0.6) is 0 Å². The van der Waals surface area contributed by atoms with Crippen molar-refractivity contribution in [1.29, 1.82) is 0 Å². The van der Waals surface area contributed by atoms with Crippen LogP contribution in [0.4, 0.5) is 22.7 Å². The second kappa shape index (κ2) is 16.5. The number of nitrogens with zero attached hydrogens (tertiary/aromatic N) is 4. The van der Waals surface area contributed by atoms with Crippen LogP contribution in [0, 0.1) is 0 Å². The maximum Gasteiger partial charge on any atom is 0.138 e. The van der Waals surface area contributed by atoms with Gasteiger partial charge >= 0.3 is 0 Å².